The van der Waals surface area contributed by atoms with Gasteiger partial charge in [0.15, 0.2) is 5.65 Å². The molecular weight excluding hydrogens is 309 g/mol. The van der Waals surface area contributed by atoms with Gasteiger partial charge in [0.25, 0.3) is 0 Å². The van der Waals surface area contributed by atoms with Gasteiger partial charge in [-0.05, 0) is 24.3 Å². The molecule has 0 spiro atoms. The maximum absolute atomic E-state index is 12.9. The number of nitrogens with zero attached hydrogens (tertiary/aromatic N) is 3. The zero-order chi connectivity index (χ0) is 16.8. The fourth-order valence-electron chi connectivity index (χ4n) is 2.03. The zero-order valence-electron chi connectivity index (χ0n) is 12.3. The van der Waals surface area contributed by atoms with Crippen molar-refractivity contribution < 1.29 is 18.0 Å². The normalized spacial score (nSPS) is 14.1. The second kappa shape index (κ2) is 5.22. The van der Waals surface area contributed by atoms with Crippen LogP contribution < -0.4 is 5.32 Å². The van der Waals surface area contributed by atoms with E-state index in [-0.39, 0.29) is 28.9 Å². The Balaban J connectivity index is 2.15. The molecule has 1 N–H and O–H groups in total. The Morgan fingerprint density at radius 3 is 2.48 bits per heavy atom. The van der Waals surface area contributed by atoms with E-state index < -0.39 is 11.9 Å². The molecule has 1 amide bonds. The third-order valence-electron chi connectivity index (χ3n) is 3.35. The number of rotatable bonds is 3. The number of anilines is 1. The molecule has 5 nitrogen and oxygen atoms in total. The molecule has 3 rings (SSSR count). The first-order chi connectivity index (χ1) is 10.8. The number of allylic oxidation sites excluding steroid dienone is 4. The number of carbonyl (C=O) groups excluding carboxylic acids is 1. The van der Waals surface area contributed by atoms with Gasteiger partial charge >= 0.3 is 6.18 Å². The van der Waals surface area contributed by atoms with Crippen LogP contribution in [0.1, 0.15) is 19.5 Å². The van der Waals surface area contributed by atoms with Crippen LogP contribution in [0.25, 0.3) is 16.9 Å². The third kappa shape index (κ3) is 2.71. The van der Waals surface area contributed by atoms with Gasteiger partial charge < -0.3 is 0 Å². The van der Waals surface area contributed by atoms with Crippen LogP contribution in [0.4, 0.5) is 19.1 Å². The maximum atomic E-state index is 12.9. The van der Waals surface area contributed by atoms with Crippen LogP contribution in [0.15, 0.2) is 30.4 Å². The van der Waals surface area contributed by atoms with Crippen LogP contribution in [-0.4, -0.2) is 20.4 Å². The van der Waals surface area contributed by atoms with Gasteiger partial charge in [-0.15, -0.1) is 0 Å². The van der Waals surface area contributed by atoms with E-state index in [0.29, 0.717) is 5.70 Å². The summed E-state index contributed by atoms with van der Waals surface area (Å²) in [7, 11) is 0. The van der Waals surface area contributed by atoms with Crippen molar-refractivity contribution in [3.05, 3.63) is 36.1 Å². The molecule has 0 fully saturated rings. The summed E-state index contributed by atoms with van der Waals surface area (Å²) in [5, 5.41) is 2.62. The number of fused-ring (bicyclic) bond motifs is 1. The summed E-state index contributed by atoms with van der Waals surface area (Å²) in [6, 6.07) is 2.12. The number of hydrogen-bond acceptors (Lipinski definition) is 3. The number of alkyl halides is 3. The largest absolute Gasteiger partial charge is 0.433 e. The fraction of sp³-hybridized carbons (Fsp3) is 0.267. The lowest BCUT2D eigenvalue weighted by Crippen LogP contribution is -2.20. The van der Waals surface area contributed by atoms with E-state index in [0.717, 1.165) is 6.07 Å². The molecule has 0 saturated heterocycles. The Labute approximate surface area is 129 Å². The predicted octanol–water partition coefficient (Wildman–Crippen LogP) is 3.46. The molecule has 0 saturated carbocycles. The minimum atomic E-state index is -4.55. The molecule has 2 aromatic heterocycles. The van der Waals surface area contributed by atoms with Crippen LogP contribution in [0.5, 0.6) is 0 Å². The predicted molar refractivity (Wildman–Crippen MR) is 79.4 cm³/mol. The van der Waals surface area contributed by atoms with Gasteiger partial charge in [0, 0.05) is 5.92 Å². The summed E-state index contributed by atoms with van der Waals surface area (Å²) in [5.74, 6) is -0.407. The van der Waals surface area contributed by atoms with Crippen LogP contribution in [0, 0.1) is 5.92 Å². The first-order valence-electron chi connectivity index (χ1n) is 6.93. The average Bonchev–Trinajstić information content (AvgIpc) is 2.73. The molecule has 120 valence electrons. The van der Waals surface area contributed by atoms with Crippen molar-refractivity contribution in [3.8, 4) is 0 Å². The topological polar surface area (TPSA) is 59.8 Å². The van der Waals surface area contributed by atoms with Crippen molar-refractivity contribution >= 4 is 28.7 Å². The number of amides is 1. The van der Waals surface area contributed by atoms with Crippen molar-refractivity contribution in [2.45, 2.75) is 20.0 Å². The molecule has 2 heterocycles. The van der Waals surface area contributed by atoms with Gasteiger partial charge in [-0.3, -0.25) is 14.7 Å². The molecule has 0 aliphatic heterocycles. The van der Waals surface area contributed by atoms with Crippen molar-refractivity contribution in [2.24, 2.45) is 5.92 Å². The number of carbonyl (C=O) groups is 1. The summed E-state index contributed by atoms with van der Waals surface area (Å²) in [6.45, 7) is 3.43. The highest BCUT2D eigenvalue weighted by atomic mass is 19.4. The van der Waals surface area contributed by atoms with Gasteiger partial charge in [-0.2, -0.15) is 13.2 Å². The smallest absolute Gasteiger partial charge is 0.295 e. The number of nitrogens with one attached hydrogen (secondary N) is 1. The molecule has 0 atom stereocenters. The van der Waals surface area contributed by atoms with E-state index in [9.17, 15) is 18.0 Å². The summed E-state index contributed by atoms with van der Waals surface area (Å²) in [5.41, 5.74) is -0.0668. The Morgan fingerprint density at radius 1 is 1.26 bits per heavy atom. The minimum absolute atomic E-state index is 0.0504. The summed E-state index contributed by atoms with van der Waals surface area (Å²) >= 11 is 0. The van der Waals surface area contributed by atoms with E-state index in [1.807, 2.05) is 0 Å². The highest BCUT2D eigenvalue weighted by Crippen LogP contribution is 2.32. The summed E-state index contributed by atoms with van der Waals surface area (Å²) in [6.07, 6.45) is 0.597. The lowest BCUT2D eigenvalue weighted by atomic mass is 10.2. The molecule has 2 aromatic rings. The van der Waals surface area contributed by atoms with Gasteiger partial charge in [-0.25, -0.2) is 9.97 Å². The molecule has 0 bridgehead atoms. The quantitative estimate of drug-likeness (QED) is 0.941. The fourth-order valence-corrected chi connectivity index (χ4v) is 2.03. The van der Waals surface area contributed by atoms with Crippen molar-refractivity contribution in [2.75, 3.05) is 5.32 Å². The van der Waals surface area contributed by atoms with Crippen LogP contribution in [0.2, 0.25) is 0 Å². The van der Waals surface area contributed by atoms with Gasteiger partial charge in [-0.1, -0.05) is 19.9 Å². The Morgan fingerprint density at radius 2 is 1.96 bits per heavy atom. The van der Waals surface area contributed by atoms with Crippen LogP contribution in [-0.2, 0) is 11.0 Å². The Kier molecular flexibility index (Phi) is 3.46. The monoisotopic (exact) mass is 322 g/mol. The first kappa shape index (κ1) is 15.3. The number of hydrogen-bond donors (Lipinski definition) is 1. The van der Waals surface area contributed by atoms with Crippen LogP contribution in [0.3, 0.4) is 0 Å². The number of aromatic nitrogens is 3. The number of imidazole rings is 1. The minimum Gasteiger partial charge on any atom is -0.295 e. The molecule has 8 heteroatoms. The molecule has 1 aliphatic carbocycles. The lowest BCUT2D eigenvalue weighted by Gasteiger charge is -2.14. The molecular formula is C15H13F3N4O. The zero-order valence-corrected chi connectivity index (χ0v) is 12.3. The first-order valence-corrected chi connectivity index (χ1v) is 6.93. The van der Waals surface area contributed by atoms with Crippen LogP contribution >= 0.6 is 0 Å². The highest BCUT2D eigenvalue weighted by Gasteiger charge is 2.33. The van der Waals surface area contributed by atoms with Crippen molar-refractivity contribution in [1.82, 2.24) is 14.5 Å². The van der Waals surface area contributed by atoms with Crippen molar-refractivity contribution in [3.63, 3.8) is 0 Å². The molecule has 1 aliphatic rings. The second-order valence-corrected chi connectivity index (χ2v) is 5.40. The molecule has 23 heavy (non-hydrogen) atoms. The number of pyridine rings is 1. The third-order valence-corrected chi connectivity index (χ3v) is 3.35. The Hall–Kier alpha value is -2.64. The molecule has 0 aromatic carbocycles. The average molecular weight is 322 g/mol. The van der Waals surface area contributed by atoms with E-state index in [2.05, 4.69) is 15.3 Å². The van der Waals surface area contributed by atoms with Gasteiger partial charge in [0.2, 0.25) is 11.9 Å². The van der Waals surface area contributed by atoms with Crippen molar-refractivity contribution in [1.29, 1.82) is 0 Å². The lowest BCUT2D eigenvalue weighted by molar-refractivity contribution is -0.141. The summed E-state index contributed by atoms with van der Waals surface area (Å²) < 4.78 is 40.0. The molecule has 0 radical (unpaired) electrons. The molecule has 0 unspecified atom stereocenters. The van der Waals surface area contributed by atoms with E-state index >= 15 is 0 Å². The van der Waals surface area contributed by atoms with E-state index in [1.54, 1.807) is 32.1 Å². The second-order valence-electron chi connectivity index (χ2n) is 5.40. The highest BCUT2D eigenvalue weighted by molar-refractivity contribution is 5.94. The summed E-state index contributed by atoms with van der Waals surface area (Å²) in [4.78, 5) is 19.8. The maximum Gasteiger partial charge on any atom is 0.433 e. The van der Waals surface area contributed by atoms with Gasteiger partial charge in [0.1, 0.15) is 11.2 Å². The SMILES string of the molecule is CC(C)C(=O)Nc1nc2ccc(C(F)(F)F)nc2n1C1=CC=C1. The van der Waals surface area contributed by atoms with E-state index in [1.165, 1.54) is 10.6 Å². The van der Waals surface area contributed by atoms with Gasteiger partial charge in [0.05, 0.1) is 5.70 Å². The van der Waals surface area contributed by atoms with E-state index in [4.69, 9.17) is 0 Å². The Bertz CT molecular complexity index is 846. The standard InChI is InChI=1S/C15H13F3N4O/c1-8(2)13(23)21-14-19-10-6-7-11(15(16,17)18)20-12(10)22(14)9-4-3-5-9/h3-8H,1-2H3,(H,19,21,23). The number of halogens is 3.